The van der Waals surface area contributed by atoms with Crippen molar-refractivity contribution < 1.29 is 9.90 Å². The standard InChI is InChI=1S/C10H11ClN2O2/c11-6-1-2-7-8(5-6)13(3-4-14)10(15)9(7)12/h1-2,5,9,14H,3-4,12H2. The van der Waals surface area contributed by atoms with Gasteiger partial charge in [0, 0.05) is 17.1 Å². The lowest BCUT2D eigenvalue weighted by atomic mass is 10.1. The SMILES string of the molecule is NC1C(=O)N(CCO)c2cc(Cl)ccc21. The van der Waals surface area contributed by atoms with Crippen molar-refractivity contribution in [2.24, 2.45) is 5.73 Å². The van der Waals surface area contributed by atoms with Crippen LogP contribution in [0.5, 0.6) is 0 Å². The molecule has 1 aromatic carbocycles. The fourth-order valence-corrected chi connectivity index (χ4v) is 1.93. The highest BCUT2D eigenvalue weighted by Crippen LogP contribution is 2.35. The van der Waals surface area contributed by atoms with Crippen LogP contribution in [0, 0.1) is 0 Å². The van der Waals surface area contributed by atoms with E-state index in [0.717, 1.165) is 5.56 Å². The summed E-state index contributed by atoms with van der Waals surface area (Å²) >= 11 is 5.84. The number of hydrogen-bond acceptors (Lipinski definition) is 3. The molecule has 1 aliphatic heterocycles. The number of carbonyl (C=O) groups excluding carboxylic acids is 1. The summed E-state index contributed by atoms with van der Waals surface area (Å²) in [4.78, 5) is 13.2. The molecule has 0 fully saturated rings. The predicted molar refractivity (Wildman–Crippen MR) is 57.8 cm³/mol. The Morgan fingerprint density at radius 3 is 2.93 bits per heavy atom. The minimum atomic E-state index is -0.635. The van der Waals surface area contributed by atoms with E-state index < -0.39 is 6.04 Å². The molecule has 1 unspecified atom stereocenters. The van der Waals surface area contributed by atoms with E-state index in [1.54, 1.807) is 18.2 Å². The fourth-order valence-electron chi connectivity index (χ4n) is 1.76. The van der Waals surface area contributed by atoms with E-state index in [2.05, 4.69) is 0 Å². The molecule has 15 heavy (non-hydrogen) atoms. The summed E-state index contributed by atoms with van der Waals surface area (Å²) in [6, 6.07) is 4.51. The molecular formula is C10H11ClN2O2. The monoisotopic (exact) mass is 226 g/mol. The fraction of sp³-hybridized carbons (Fsp3) is 0.300. The molecule has 4 nitrogen and oxygen atoms in total. The Morgan fingerprint density at radius 2 is 2.27 bits per heavy atom. The molecule has 0 aromatic heterocycles. The van der Waals surface area contributed by atoms with Gasteiger partial charge < -0.3 is 15.7 Å². The maximum Gasteiger partial charge on any atom is 0.248 e. The van der Waals surface area contributed by atoms with Crippen molar-refractivity contribution in [3.05, 3.63) is 28.8 Å². The summed E-state index contributed by atoms with van der Waals surface area (Å²) in [5, 5.41) is 9.41. The molecular weight excluding hydrogens is 216 g/mol. The molecule has 1 heterocycles. The van der Waals surface area contributed by atoms with Gasteiger partial charge in [0.05, 0.1) is 12.3 Å². The molecule has 80 valence electrons. The van der Waals surface area contributed by atoms with Gasteiger partial charge in [-0.2, -0.15) is 0 Å². The van der Waals surface area contributed by atoms with Crippen molar-refractivity contribution in [2.45, 2.75) is 6.04 Å². The van der Waals surface area contributed by atoms with E-state index in [4.69, 9.17) is 22.4 Å². The summed E-state index contributed by atoms with van der Waals surface area (Å²) in [6.07, 6.45) is 0. The van der Waals surface area contributed by atoms with Gasteiger partial charge in [0.15, 0.2) is 0 Å². The van der Waals surface area contributed by atoms with Crippen LogP contribution >= 0.6 is 11.6 Å². The normalized spacial score (nSPS) is 19.5. The Balaban J connectivity index is 2.47. The van der Waals surface area contributed by atoms with Crippen molar-refractivity contribution >= 4 is 23.2 Å². The lowest BCUT2D eigenvalue weighted by Crippen LogP contribution is -2.33. The van der Waals surface area contributed by atoms with Gasteiger partial charge in [-0.15, -0.1) is 0 Å². The number of amides is 1. The Labute approximate surface area is 92.2 Å². The second-order valence-corrected chi connectivity index (χ2v) is 3.83. The Hall–Kier alpha value is -1.10. The van der Waals surface area contributed by atoms with Gasteiger partial charge in [0.25, 0.3) is 0 Å². The first-order valence-electron chi connectivity index (χ1n) is 4.62. The maximum atomic E-state index is 11.7. The van der Waals surface area contributed by atoms with Crippen molar-refractivity contribution in [1.29, 1.82) is 0 Å². The lowest BCUT2D eigenvalue weighted by Gasteiger charge is -2.15. The Kier molecular flexibility index (Phi) is 2.65. The van der Waals surface area contributed by atoms with E-state index in [0.29, 0.717) is 10.7 Å². The molecule has 0 spiro atoms. The molecule has 1 atom stereocenters. The molecule has 1 aliphatic rings. The van der Waals surface area contributed by atoms with Crippen LogP contribution in [-0.2, 0) is 4.79 Å². The van der Waals surface area contributed by atoms with Crippen LogP contribution in [0.15, 0.2) is 18.2 Å². The van der Waals surface area contributed by atoms with Crippen molar-refractivity contribution in [1.82, 2.24) is 0 Å². The summed E-state index contributed by atoms with van der Waals surface area (Å²) in [6.45, 7) is 0.157. The number of aliphatic hydroxyl groups is 1. The third-order valence-electron chi connectivity index (χ3n) is 2.47. The molecule has 5 heteroatoms. The third kappa shape index (κ3) is 1.61. The highest BCUT2D eigenvalue weighted by Gasteiger charge is 2.34. The first kappa shape index (κ1) is 10.4. The van der Waals surface area contributed by atoms with Gasteiger partial charge in [0.1, 0.15) is 6.04 Å². The molecule has 3 N–H and O–H groups in total. The molecule has 0 bridgehead atoms. The number of rotatable bonds is 2. The van der Waals surface area contributed by atoms with Crippen molar-refractivity contribution in [3.63, 3.8) is 0 Å². The average Bonchev–Trinajstić information content (AvgIpc) is 2.44. The minimum Gasteiger partial charge on any atom is -0.395 e. The van der Waals surface area contributed by atoms with E-state index in [-0.39, 0.29) is 19.1 Å². The zero-order chi connectivity index (χ0) is 11.0. The van der Waals surface area contributed by atoms with Gasteiger partial charge in [-0.05, 0) is 12.1 Å². The minimum absolute atomic E-state index is 0.0928. The number of hydrogen-bond donors (Lipinski definition) is 2. The largest absolute Gasteiger partial charge is 0.395 e. The highest BCUT2D eigenvalue weighted by atomic mass is 35.5. The number of nitrogens with two attached hydrogens (primary N) is 1. The molecule has 1 aromatic rings. The summed E-state index contributed by atoms with van der Waals surface area (Å²) < 4.78 is 0. The van der Waals surface area contributed by atoms with Crippen molar-refractivity contribution in [2.75, 3.05) is 18.1 Å². The first-order chi connectivity index (χ1) is 7.15. The smallest absolute Gasteiger partial charge is 0.248 e. The number of nitrogens with zero attached hydrogens (tertiary/aromatic N) is 1. The van der Waals surface area contributed by atoms with Crippen LogP contribution < -0.4 is 10.6 Å². The Bertz CT molecular complexity index is 408. The van der Waals surface area contributed by atoms with Gasteiger partial charge in [-0.25, -0.2) is 0 Å². The predicted octanol–water partition coefficient (Wildman–Crippen LogP) is 0.679. The average molecular weight is 227 g/mol. The zero-order valence-electron chi connectivity index (χ0n) is 7.98. The van der Waals surface area contributed by atoms with E-state index in [9.17, 15) is 4.79 Å². The van der Waals surface area contributed by atoms with Crippen LogP contribution in [-0.4, -0.2) is 24.2 Å². The molecule has 2 rings (SSSR count). The summed E-state index contributed by atoms with van der Waals surface area (Å²) in [5.41, 5.74) is 7.21. The molecule has 0 radical (unpaired) electrons. The molecule has 0 saturated carbocycles. The van der Waals surface area contributed by atoms with Gasteiger partial charge >= 0.3 is 0 Å². The highest BCUT2D eigenvalue weighted by molar-refractivity contribution is 6.31. The van der Waals surface area contributed by atoms with E-state index >= 15 is 0 Å². The number of fused-ring (bicyclic) bond motifs is 1. The number of anilines is 1. The molecule has 1 amide bonds. The second-order valence-electron chi connectivity index (χ2n) is 3.39. The number of carbonyl (C=O) groups is 1. The number of aliphatic hydroxyl groups excluding tert-OH is 1. The zero-order valence-corrected chi connectivity index (χ0v) is 8.74. The molecule has 0 saturated heterocycles. The van der Waals surface area contributed by atoms with Gasteiger partial charge in [-0.1, -0.05) is 17.7 Å². The van der Waals surface area contributed by atoms with E-state index in [1.807, 2.05) is 0 Å². The molecule has 0 aliphatic carbocycles. The van der Waals surface area contributed by atoms with Crippen LogP contribution in [0.25, 0.3) is 0 Å². The number of β-amino-alcohol motifs (C(OH)–C–C–N with tert-alkyl or cyclic N) is 1. The van der Waals surface area contributed by atoms with Gasteiger partial charge in [0.2, 0.25) is 5.91 Å². The van der Waals surface area contributed by atoms with Crippen LogP contribution in [0.3, 0.4) is 0 Å². The maximum absolute atomic E-state index is 11.7. The van der Waals surface area contributed by atoms with Crippen LogP contribution in [0.4, 0.5) is 5.69 Å². The van der Waals surface area contributed by atoms with Gasteiger partial charge in [-0.3, -0.25) is 4.79 Å². The Morgan fingerprint density at radius 1 is 1.53 bits per heavy atom. The number of halogens is 1. The van der Waals surface area contributed by atoms with E-state index in [1.165, 1.54) is 4.90 Å². The quantitative estimate of drug-likeness (QED) is 0.779. The van der Waals surface area contributed by atoms with Crippen molar-refractivity contribution in [3.8, 4) is 0 Å². The number of benzene rings is 1. The summed E-state index contributed by atoms with van der Waals surface area (Å²) in [7, 11) is 0. The van der Waals surface area contributed by atoms with Crippen LogP contribution in [0.1, 0.15) is 11.6 Å². The van der Waals surface area contributed by atoms with Crippen LogP contribution in [0.2, 0.25) is 5.02 Å². The lowest BCUT2D eigenvalue weighted by molar-refractivity contribution is -0.119. The third-order valence-corrected chi connectivity index (χ3v) is 2.71. The summed E-state index contributed by atoms with van der Waals surface area (Å²) in [5.74, 6) is -0.193. The first-order valence-corrected chi connectivity index (χ1v) is 5.00. The second kappa shape index (κ2) is 3.81. The topological polar surface area (TPSA) is 66.6 Å².